The van der Waals surface area contributed by atoms with Gasteiger partial charge in [0.25, 0.3) is 0 Å². The molecule has 0 spiro atoms. The van der Waals surface area contributed by atoms with Crippen molar-refractivity contribution in [3.05, 3.63) is 224 Å². The number of aromatic nitrogens is 5. The van der Waals surface area contributed by atoms with E-state index in [4.69, 9.17) is 15.0 Å². The van der Waals surface area contributed by atoms with Gasteiger partial charge in [-0.05, 0) is 61.9 Å². The topological polar surface area (TPSA) is 48.5 Å². The molecule has 0 N–H and O–H groups in total. The zero-order valence-electron chi connectivity index (χ0n) is 33.1. The molecule has 0 unspecified atom stereocenters. The third-order valence-electron chi connectivity index (χ3n) is 12.3. The van der Waals surface area contributed by atoms with Gasteiger partial charge in [0, 0.05) is 27.1 Å². The second-order valence-corrected chi connectivity index (χ2v) is 19.4. The third kappa shape index (κ3) is 5.50. The van der Waals surface area contributed by atoms with Crippen LogP contribution in [0.2, 0.25) is 0 Å². The van der Waals surface area contributed by atoms with E-state index in [1.165, 1.54) is 26.1 Å². The maximum atomic E-state index is 5.48. The quantitative estimate of drug-likeness (QED) is 0.119. The molecule has 12 rings (SSSR count). The Balaban J connectivity index is 1.17. The first-order chi connectivity index (χ1) is 30.3. The largest absolute Gasteiger partial charge is 0.278 e. The Kier molecular flexibility index (Phi) is 8.11. The van der Waals surface area contributed by atoms with Gasteiger partial charge in [0.15, 0.2) is 13.9 Å². The first-order valence-corrected chi connectivity index (χ1v) is 22.7. The maximum Gasteiger partial charge on any atom is 0.240 e. The molecule has 0 amide bonds. The van der Waals surface area contributed by atoms with Gasteiger partial charge in [0.05, 0.1) is 22.1 Å². The molecule has 0 saturated carbocycles. The van der Waals surface area contributed by atoms with Crippen LogP contribution in [-0.4, -0.2) is 32.2 Å². The summed E-state index contributed by atoms with van der Waals surface area (Å²) in [6, 6.07) is 80.8. The molecule has 6 heteroatoms. The molecule has 0 aliphatic heterocycles. The molecule has 5 nitrogen and oxygen atoms in total. The van der Waals surface area contributed by atoms with E-state index in [1.807, 2.05) is 0 Å². The lowest BCUT2D eigenvalue weighted by Crippen LogP contribution is -2.74. The van der Waals surface area contributed by atoms with Crippen LogP contribution in [0.5, 0.6) is 0 Å². The lowest BCUT2D eigenvalue weighted by molar-refractivity contribution is 0.893. The lowest BCUT2D eigenvalue weighted by atomic mass is 10.1. The van der Waals surface area contributed by atoms with Crippen molar-refractivity contribution in [3.63, 3.8) is 0 Å². The van der Waals surface area contributed by atoms with E-state index in [0.29, 0.717) is 17.7 Å². The van der Waals surface area contributed by atoms with Crippen molar-refractivity contribution in [2.45, 2.75) is 0 Å². The molecule has 286 valence electrons. The van der Waals surface area contributed by atoms with Gasteiger partial charge in [-0.2, -0.15) is 15.0 Å². The monoisotopic (exact) mass is 795 g/mol. The van der Waals surface area contributed by atoms with Crippen LogP contribution in [0.15, 0.2) is 224 Å². The molecule has 0 radical (unpaired) electrons. The molecule has 12 aromatic rings. The van der Waals surface area contributed by atoms with Crippen molar-refractivity contribution in [1.29, 1.82) is 0 Å². The minimum absolute atomic E-state index is 0.562. The van der Waals surface area contributed by atoms with Crippen molar-refractivity contribution >= 4 is 83.2 Å². The van der Waals surface area contributed by atoms with Crippen molar-refractivity contribution < 1.29 is 0 Å². The SMILES string of the molecule is c1ccc([Si](c2ccccc2)(c2ccccc2)c2cccc(-c3nc(-n4c5ccccc5c5ccccc54)nc(-n4c5ccccc5c5cc6ccccc6cc54)n3)c2)cc1. The van der Waals surface area contributed by atoms with Crippen LogP contribution in [0.1, 0.15) is 0 Å². The van der Waals surface area contributed by atoms with Gasteiger partial charge in [-0.1, -0.05) is 194 Å². The summed E-state index contributed by atoms with van der Waals surface area (Å²) in [5, 5.41) is 12.1. The summed E-state index contributed by atoms with van der Waals surface area (Å²) in [6.45, 7) is 0. The van der Waals surface area contributed by atoms with Gasteiger partial charge in [0.2, 0.25) is 11.9 Å². The highest BCUT2D eigenvalue weighted by atomic mass is 28.3. The minimum Gasteiger partial charge on any atom is -0.278 e. The van der Waals surface area contributed by atoms with Crippen LogP contribution in [0.3, 0.4) is 0 Å². The summed E-state index contributed by atoms with van der Waals surface area (Å²) < 4.78 is 4.42. The predicted molar refractivity (Wildman–Crippen MR) is 255 cm³/mol. The highest BCUT2D eigenvalue weighted by Crippen LogP contribution is 2.36. The van der Waals surface area contributed by atoms with Crippen molar-refractivity contribution in [2.24, 2.45) is 0 Å². The van der Waals surface area contributed by atoms with Crippen LogP contribution in [0, 0.1) is 0 Å². The van der Waals surface area contributed by atoms with Crippen LogP contribution in [0.4, 0.5) is 0 Å². The Morgan fingerprint density at radius 2 is 0.705 bits per heavy atom. The minimum atomic E-state index is -2.85. The molecular weight excluding hydrogens is 759 g/mol. The Labute approximate surface area is 353 Å². The van der Waals surface area contributed by atoms with Gasteiger partial charge in [-0.25, -0.2) is 0 Å². The van der Waals surface area contributed by atoms with Gasteiger partial charge in [-0.3, -0.25) is 9.13 Å². The maximum absolute atomic E-state index is 5.48. The molecule has 0 bridgehead atoms. The molecule has 61 heavy (non-hydrogen) atoms. The van der Waals surface area contributed by atoms with Crippen LogP contribution in [-0.2, 0) is 0 Å². The number of benzene rings is 9. The molecular formula is C55H37N5Si. The first kappa shape index (κ1) is 35.0. The number of rotatable bonds is 7. The predicted octanol–water partition coefficient (Wildman–Crippen LogP) is 10.3. The van der Waals surface area contributed by atoms with Crippen LogP contribution < -0.4 is 20.7 Å². The van der Waals surface area contributed by atoms with E-state index < -0.39 is 8.07 Å². The van der Waals surface area contributed by atoms with Gasteiger partial charge >= 0.3 is 0 Å². The Bertz CT molecular complexity index is 3450. The zero-order valence-corrected chi connectivity index (χ0v) is 34.1. The molecule has 0 aliphatic rings. The summed E-state index contributed by atoms with van der Waals surface area (Å²) in [6.07, 6.45) is 0. The fourth-order valence-electron chi connectivity index (χ4n) is 9.65. The highest BCUT2D eigenvalue weighted by Gasteiger charge is 2.41. The van der Waals surface area contributed by atoms with Crippen molar-refractivity contribution in [3.8, 4) is 23.3 Å². The van der Waals surface area contributed by atoms with E-state index in [-0.39, 0.29) is 0 Å². The third-order valence-corrected chi connectivity index (χ3v) is 17.1. The van der Waals surface area contributed by atoms with Gasteiger partial charge < -0.3 is 0 Å². The standard InChI is InChI=1S/C55H37N5Si/c1-4-22-41(23-5-1)61(42-24-6-2-7-25-42,43-26-8-3-9-27-43)44-28-18-21-40(35-44)53-56-54(59-49-32-15-12-29-45(49)46-30-13-16-33-50(46)59)58-55(57-53)60-51-34-17-14-31-47(51)48-36-38-19-10-11-20-39(38)37-52(48)60/h1-37H. The van der Waals surface area contributed by atoms with Crippen LogP contribution in [0.25, 0.3) is 77.7 Å². The average Bonchev–Trinajstić information content (AvgIpc) is 3.84. The average molecular weight is 796 g/mol. The summed E-state index contributed by atoms with van der Waals surface area (Å²) in [4.78, 5) is 16.4. The summed E-state index contributed by atoms with van der Waals surface area (Å²) in [5.41, 5.74) is 5.09. The second-order valence-electron chi connectivity index (χ2n) is 15.6. The smallest absolute Gasteiger partial charge is 0.240 e. The molecule has 9 aromatic carbocycles. The Morgan fingerprint density at radius 3 is 1.23 bits per heavy atom. The molecule has 0 atom stereocenters. The molecule has 0 aliphatic carbocycles. The fraction of sp³-hybridized carbons (Fsp3) is 0. The lowest BCUT2D eigenvalue weighted by Gasteiger charge is -2.34. The zero-order chi connectivity index (χ0) is 40.3. The molecule has 0 fully saturated rings. The molecule has 0 saturated heterocycles. The Morgan fingerprint density at radius 1 is 0.295 bits per heavy atom. The summed E-state index contributed by atoms with van der Waals surface area (Å²) >= 11 is 0. The van der Waals surface area contributed by atoms with E-state index >= 15 is 0 Å². The Hall–Kier alpha value is -7.93. The highest BCUT2D eigenvalue weighted by molar-refractivity contribution is 7.19. The van der Waals surface area contributed by atoms with Crippen LogP contribution >= 0.6 is 0 Å². The number of hydrogen-bond acceptors (Lipinski definition) is 3. The van der Waals surface area contributed by atoms with Gasteiger partial charge in [0.1, 0.15) is 0 Å². The van der Waals surface area contributed by atoms with E-state index in [1.54, 1.807) is 0 Å². The number of para-hydroxylation sites is 3. The second kappa shape index (κ2) is 14.1. The van der Waals surface area contributed by atoms with E-state index in [9.17, 15) is 0 Å². The van der Waals surface area contributed by atoms with Crippen molar-refractivity contribution in [2.75, 3.05) is 0 Å². The first-order valence-electron chi connectivity index (χ1n) is 20.7. The summed E-state index contributed by atoms with van der Waals surface area (Å²) in [7, 11) is -2.85. The number of hydrogen-bond donors (Lipinski definition) is 0. The normalized spacial score (nSPS) is 11.9. The van der Waals surface area contributed by atoms with E-state index in [2.05, 4.69) is 234 Å². The molecule has 3 heterocycles. The fourth-order valence-corrected chi connectivity index (χ4v) is 14.4. The molecule has 3 aromatic heterocycles. The summed E-state index contributed by atoms with van der Waals surface area (Å²) in [5.74, 6) is 1.73. The van der Waals surface area contributed by atoms with E-state index in [0.717, 1.165) is 54.6 Å². The van der Waals surface area contributed by atoms with Gasteiger partial charge in [-0.15, -0.1) is 0 Å². The number of fused-ring (bicyclic) bond motifs is 7. The number of nitrogens with zero attached hydrogens (tertiary/aromatic N) is 5. The van der Waals surface area contributed by atoms with Crippen molar-refractivity contribution in [1.82, 2.24) is 24.1 Å².